The molecule has 1 aromatic heterocycles. The van der Waals surface area contributed by atoms with Crippen molar-refractivity contribution in [1.29, 1.82) is 0 Å². The fourth-order valence-corrected chi connectivity index (χ4v) is 2.48. The number of hydrogen-bond donors (Lipinski definition) is 1. The second-order valence-electron chi connectivity index (χ2n) is 4.21. The van der Waals surface area contributed by atoms with Crippen LogP contribution in [0.1, 0.15) is 10.4 Å². The summed E-state index contributed by atoms with van der Waals surface area (Å²) in [5.41, 5.74) is 0.577. The molecule has 0 spiro atoms. The third kappa shape index (κ3) is 4.23. The molecule has 0 radical (unpaired) electrons. The first-order valence-electron chi connectivity index (χ1n) is 6.33. The molecule has 2 rings (SSSR count). The molecule has 0 bridgehead atoms. The van der Waals surface area contributed by atoms with Crippen LogP contribution in [0.2, 0.25) is 0 Å². The highest BCUT2D eigenvalue weighted by Gasteiger charge is 2.09. The van der Waals surface area contributed by atoms with Crippen LogP contribution in [0, 0.1) is 0 Å². The van der Waals surface area contributed by atoms with Gasteiger partial charge in [0.15, 0.2) is 0 Å². The summed E-state index contributed by atoms with van der Waals surface area (Å²) in [5.74, 6) is -0.916. The van der Waals surface area contributed by atoms with E-state index in [-0.39, 0.29) is 22.2 Å². The van der Waals surface area contributed by atoms with E-state index in [4.69, 9.17) is 4.74 Å². The Labute approximate surface area is 131 Å². The molecule has 0 atom stereocenters. The maximum atomic E-state index is 11.9. The molecule has 6 nitrogen and oxygen atoms in total. The van der Waals surface area contributed by atoms with Gasteiger partial charge in [-0.1, -0.05) is 17.8 Å². The molecule has 1 amide bonds. The highest BCUT2D eigenvalue weighted by atomic mass is 32.2. The van der Waals surface area contributed by atoms with Gasteiger partial charge in [-0.2, -0.15) is 0 Å². The molecule has 1 N–H and O–H groups in total. The number of benzene rings is 1. The number of carboxylic acids is 1. The Morgan fingerprint density at radius 3 is 2.86 bits per heavy atom. The standard InChI is InChI=1S/C15H14N2O4S/c1-21-11-5-2-4-10(8-11)17-13(18)9-22-14-12(15(19)20)6-3-7-16-14/h2-8H,9H2,1H3,(H,17,18)(H,19,20)/p-1. The highest BCUT2D eigenvalue weighted by molar-refractivity contribution is 8.00. The van der Waals surface area contributed by atoms with Gasteiger partial charge in [0.25, 0.3) is 0 Å². The van der Waals surface area contributed by atoms with Crippen LogP contribution >= 0.6 is 11.8 Å². The second kappa shape index (κ2) is 7.46. The zero-order valence-electron chi connectivity index (χ0n) is 11.7. The lowest BCUT2D eigenvalue weighted by atomic mass is 10.3. The third-order valence-electron chi connectivity index (χ3n) is 2.68. The molecule has 2 aromatic rings. The number of carbonyl (C=O) groups excluding carboxylic acids is 2. The van der Waals surface area contributed by atoms with Gasteiger partial charge in [0.1, 0.15) is 10.8 Å². The van der Waals surface area contributed by atoms with Gasteiger partial charge in [-0.3, -0.25) is 4.79 Å². The number of carboxylic acid groups (broad SMARTS) is 1. The first-order chi connectivity index (χ1) is 10.6. The van der Waals surface area contributed by atoms with Crippen molar-refractivity contribution in [2.75, 3.05) is 18.2 Å². The van der Waals surface area contributed by atoms with Gasteiger partial charge < -0.3 is 20.0 Å². The number of aromatic carboxylic acids is 1. The highest BCUT2D eigenvalue weighted by Crippen LogP contribution is 2.21. The van der Waals surface area contributed by atoms with Crippen LogP contribution in [-0.4, -0.2) is 29.7 Å². The number of carbonyl (C=O) groups is 2. The topological polar surface area (TPSA) is 91.3 Å². The summed E-state index contributed by atoms with van der Waals surface area (Å²) in [6, 6.07) is 9.85. The van der Waals surface area contributed by atoms with Gasteiger partial charge in [0.2, 0.25) is 5.91 Å². The first-order valence-corrected chi connectivity index (χ1v) is 7.32. The molecule has 22 heavy (non-hydrogen) atoms. The Morgan fingerprint density at radius 2 is 2.14 bits per heavy atom. The number of amides is 1. The molecule has 0 saturated carbocycles. The van der Waals surface area contributed by atoms with Crippen molar-refractivity contribution >= 4 is 29.3 Å². The van der Waals surface area contributed by atoms with Crippen molar-refractivity contribution in [1.82, 2.24) is 4.98 Å². The van der Waals surface area contributed by atoms with Crippen LogP contribution in [0.5, 0.6) is 5.75 Å². The Balaban J connectivity index is 1.97. The maximum Gasteiger partial charge on any atom is 0.234 e. The van der Waals surface area contributed by atoms with E-state index in [1.54, 1.807) is 31.4 Å². The Morgan fingerprint density at radius 1 is 1.32 bits per heavy atom. The lowest BCUT2D eigenvalue weighted by Gasteiger charge is -2.09. The van der Waals surface area contributed by atoms with Gasteiger partial charge in [0.05, 0.1) is 18.8 Å². The number of nitrogens with one attached hydrogen (secondary N) is 1. The summed E-state index contributed by atoms with van der Waals surface area (Å²) in [6.45, 7) is 0. The number of ether oxygens (including phenoxy) is 1. The Bertz CT molecular complexity index is 691. The van der Waals surface area contributed by atoms with Crippen molar-refractivity contribution in [3.05, 3.63) is 48.2 Å². The molecule has 1 aromatic carbocycles. The van der Waals surface area contributed by atoms with E-state index in [1.807, 2.05) is 0 Å². The van der Waals surface area contributed by atoms with Crippen LogP contribution < -0.4 is 15.2 Å². The van der Waals surface area contributed by atoms with Crippen LogP contribution in [0.25, 0.3) is 0 Å². The van der Waals surface area contributed by atoms with E-state index >= 15 is 0 Å². The summed E-state index contributed by atoms with van der Waals surface area (Å²) in [5, 5.41) is 13.9. The Kier molecular flexibility index (Phi) is 5.37. The number of nitrogens with zero attached hydrogens (tertiary/aromatic N) is 1. The largest absolute Gasteiger partial charge is 0.545 e. The fraction of sp³-hybridized carbons (Fsp3) is 0.133. The predicted molar refractivity (Wildman–Crippen MR) is 80.9 cm³/mol. The molecule has 0 saturated heterocycles. The molecule has 7 heteroatoms. The number of rotatable bonds is 6. The SMILES string of the molecule is COc1cccc(NC(=O)CSc2ncccc2C(=O)[O-])c1. The summed E-state index contributed by atoms with van der Waals surface area (Å²) < 4.78 is 5.07. The van der Waals surface area contributed by atoms with Crippen molar-refractivity contribution in [3.8, 4) is 5.75 Å². The maximum absolute atomic E-state index is 11.9. The minimum absolute atomic E-state index is 0.0262. The zero-order chi connectivity index (χ0) is 15.9. The van der Waals surface area contributed by atoms with Gasteiger partial charge >= 0.3 is 0 Å². The van der Waals surface area contributed by atoms with Crippen molar-refractivity contribution in [2.45, 2.75) is 5.03 Å². The third-order valence-corrected chi connectivity index (χ3v) is 3.69. The quantitative estimate of drug-likeness (QED) is 0.805. The summed E-state index contributed by atoms with van der Waals surface area (Å²) >= 11 is 1.04. The summed E-state index contributed by atoms with van der Waals surface area (Å²) in [7, 11) is 1.54. The lowest BCUT2D eigenvalue weighted by Crippen LogP contribution is -2.23. The average molecular weight is 317 g/mol. The van der Waals surface area contributed by atoms with E-state index in [2.05, 4.69) is 10.3 Å². The number of anilines is 1. The number of pyridine rings is 1. The van der Waals surface area contributed by atoms with E-state index in [0.717, 1.165) is 11.8 Å². The minimum atomic E-state index is -1.32. The molecular formula is C15H13N2O4S-. The molecule has 0 aliphatic rings. The molecule has 1 heterocycles. The fourth-order valence-electron chi connectivity index (χ4n) is 1.69. The number of aromatic nitrogens is 1. The molecule has 0 aliphatic heterocycles. The molecule has 0 unspecified atom stereocenters. The van der Waals surface area contributed by atoms with Crippen LogP contribution in [0.3, 0.4) is 0 Å². The number of hydrogen-bond acceptors (Lipinski definition) is 6. The van der Waals surface area contributed by atoms with Crippen molar-refractivity contribution in [2.24, 2.45) is 0 Å². The normalized spacial score (nSPS) is 10.0. The summed E-state index contributed by atoms with van der Waals surface area (Å²) in [4.78, 5) is 26.8. The average Bonchev–Trinajstić information content (AvgIpc) is 2.53. The van der Waals surface area contributed by atoms with Crippen LogP contribution in [0.15, 0.2) is 47.6 Å². The smallest absolute Gasteiger partial charge is 0.234 e. The van der Waals surface area contributed by atoms with E-state index < -0.39 is 5.97 Å². The van der Waals surface area contributed by atoms with E-state index in [1.165, 1.54) is 18.3 Å². The van der Waals surface area contributed by atoms with E-state index in [9.17, 15) is 14.7 Å². The monoisotopic (exact) mass is 317 g/mol. The van der Waals surface area contributed by atoms with Gasteiger partial charge in [-0.05, 0) is 24.3 Å². The number of thioether (sulfide) groups is 1. The molecule has 114 valence electrons. The van der Waals surface area contributed by atoms with Crippen LogP contribution in [0.4, 0.5) is 5.69 Å². The zero-order valence-corrected chi connectivity index (χ0v) is 12.6. The van der Waals surface area contributed by atoms with Gasteiger partial charge in [-0.25, -0.2) is 4.98 Å². The number of methoxy groups -OCH3 is 1. The van der Waals surface area contributed by atoms with Crippen molar-refractivity contribution in [3.63, 3.8) is 0 Å². The predicted octanol–water partition coefficient (Wildman–Crippen LogP) is 1.18. The molecular weight excluding hydrogens is 304 g/mol. The van der Waals surface area contributed by atoms with E-state index in [0.29, 0.717) is 11.4 Å². The first kappa shape index (κ1) is 15.8. The Hall–Kier alpha value is -2.54. The van der Waals surface area contributed by atoms with Gasteiger partial charge in [0, 0.05) is 23.5 Å². The van der Waals surface area contributed by atoms with Crippen LogP contribution in [-0.2, 0) is 4.79 Å². The second-order valence-corrected chi connectivity index (χ2v) is 5.18. The van der Waals surface area contributed by atoms with Gasteiger partial charge in [-0.15, -0.1) is 0 Å². The molecule has 0 aliphatic carbocycles. The minimum Gasteiger partial charge on any atom is -0.545 e. The van der Waals surface area contributed by atoms with Crippen molar-refractivity contribution < 1.29 is 19.4 Å². The molecule has 0 fully saturated rings. The lowest BCUT2D eigenvalue weighted by molar-refractivity contribution is -0.255. The summed E-state index contributed by atoms with van der Waals surface area (Å²) in [6.07, 6.45) is 1.47.